The van der Waals surface area contributed by atoms with Crippen LogP contribution in [-0.4, -0.2) is 28.6 Å². The smallest absolute Gasteiger partial charge is 0.336 e. The third-order valence-corrected chi connectivity index (χ3v) is 5.21. The number of aromatic carboxylic acids is 1. The van der Waals surface area contributed by atoms with Crippen molar-refractivity contribution in [1.82, 2.24) is 4.90 Å². The van der Waals surface area contributed by atoms with Crippen LogP contribution in [0.2, 0.25) is 0 Å². The Kier molecular flexibility index (Phi) is 5.40. The molecule has 3 aromatic rings. The monoisotopic (exact) mass is 373 g/mol. The third kappa shape index (κ3) is 4.07. The first-order valence-electron chi connectivity index (χ1n) is 9.50. The van der Waals surface area contributed by atoms with E-state index in [1.807, 2.05) is 42.5 Å². The van der Waals surface area contributed by atoms with Gasteiger partial charge in [0.15, 0.2) is 0 Å². The van der Waals surface area contributed by atoms with Crippen molar-refractivity contribution in [3.8, 4) is 5.75 Å². The van der Waals surface area contributed by atoms with E-state index in [-0.39, 0.29) is 6.04 Å². The molecule has 0 saturated carbocycles. The maximum atomic E-state index is 11.7. The van der Waals surface area contributed by atoms with Gasteiger partial charge in [-0.15, -0.1) is 0 Å². The lowest BCUT2D eigenvalue weighted by atomic mass is 9.95. The maximum Gasteiger partial charge on any atom is 0.336 e. The Hall–Kier alpha value is -3.11. The first-order valence-corrected chi connectivity index (χ1v) is 9.50. The standard InChI is InChI=1S/C24H23NO3/c26-24(27)21-12-7-13-23-22(21)14-20(17-28-23)25(15-18-8-3-1-4-9-18)16-19-10-5-2-6-11-19/h1-13,20H,14-17H2,(H,26,27)/t20-/m0/s1. The van der Waals surface area contributed by atoms with Crippen LogP contribution < -0.4 is 4.74 Å². The van der Waals surface area contributed by atoms with Crippen LogP contribution in [0.25, 0.3) is 0 Å². The second-order valence-corrected chi connectivity index (χ2v) is 7.13. The van der Waals surface area contributed by atoms with E-state index >= 15 is 0 Å². The summed E-state index contributed by atoms with van der Waals surface area (Å²) in [7, 11) is 0. The Labute approximate surface area is 165 Å². The Balaban J connectivity index is 1.62. The fourth-order valence-electron chi connectivity index (χ4n) is 3.78. The highest BCUT2D eigenvalue weighted by Crippen LogP contribution is 2.30. The molecule has 0 fully saturated rings. The summed E-state index contributed by atoms with van der Waals surface area (Å²) in [5.41, 5.74) is 3.59. The second-order valence-electron chi connectivity index (χ2n) is 7.13. The number of carbonyl (C=O) groups is 1. The fraction of sp³-hybridized carbons (Fsp3) is 0.208. The molecule has 0 aliphatic carbocycles. The van der Waals surface area contributed by atoms with Crippen molar-refractivity contribution in [2.45, 2.75) is 25.6 Å². The van der Waals surface area contributed by atoms with Crippen LogP contribution in [0.5, 0.6) is 5.75 Å². The summed E-state index contributed by atoms with van der Waals surface area (Å²) in [4.78, 5) is 14.0. The van der Waals surface area contributed by atoms with E-state index in [2.05, 4.69) is 29.2 Å². The summed E-state index contributed by atoms with van der Waals surface area (Å²) in [6.07, 6.45) is 0.664. The number of nitrogens with zero attached hydrogens (tertiary/aromatic N) is 1. The van der Waals surface area contributed by atoms with E-state index in [4.69, 9.17) is 4.74 Å². The Morgan fingerprint density at radius 1 is 0.893 bits per heavy atom. The molecule has 0 unspecified atom stereocenters. The number of hydrogen-bond donors (Lipinski definition) is 1. The number of carboxylic acid groups (broad SMARTS) is 1. The van der Waals surface area contributed by atoms with E-state index in [0.717, 1.165) is 18.7 Å². The number of hydrogen-bond acceptors (Lipinski definition) is 3. The average molecular weight is 373 g/mol. The highest BCUT2D eigenvalue weighted by Gasteiger charge is 2.28. The number of fused-ring (bicyclic) bond motifs is 1. The number of benzene rings is 3. The van der Waals surface area contributed by atoms with Gasteiger partial charge >= 0.3 is 5.97 Å². The molecule has 142 valence electrons. The van der Waals surface area contributed by atoms with Gasteiger partial charge < -0.3 is 9.84 Å². The van der Waals surface area contributed by atoms with Gasteiger partial charge in [0.1, 0.15) is 12.4 Å². The largest absolute Gasteiger partial charge is 0.492 e. The molecule has 0 bridgehead atoms. The van der Waals surface area contributed by atoms with Crippen molar-refractivity contribution in [3.63, 3.8) is 0 Å². The molecular formula is C24H23NO3. The van der Waals surface area contributed by atoms with Crippen LogP contribution in [-0.2, 0) is 19.5 Å². The van der Waals surface area contributed by atoms with Crippen molar-refractivity contribution < 1.29 is 14.6 Å². The van der Waals surface area contributed by atoms with Crippen molar-refractivity contribution in [3.05, 3.63) is 101 Å². The summed E-state index contributed by atoms with van der Waals surface area (Å²) in [6.45, 7) is 2.12. The lowest BCUT2D eigenvalue weighted by Crippen LogP contribution is -2.42. The van der Waals surface area contributed by atoms with Gasteiger partial charge in [0, 0.05) is 24.7 Å². The van der Waals surface area contributed by atoms with Crippen molar-refractivity contribution >= 4 is 5.97 Å². The van der Waals surface area contributed by atoms with Crippen LogP contribution in [0.3, 0.4) is 0 Å². The fourth-order valence-corrected chi connectivity index (χ4v) is 3.78. The number of carboxylic acids is 1. The van der Waals surface area contributed by atoms with E-state index in [0.29, 0.717) is 24.3 Å². The Morgan fingerprint density at radius 2 is 1.50 bits per heavy atom. The number of rotatable bonds is 6. The molecule has 4 nitrogen and oxygen atoms in total. The van der Waals surface area contributed by atoms with Gasteiger partial charge in [-0.2, -0.15) is 0 Å². The highest BCUT2D eigenvalue weighted by molar-refractivity contribution is 5.90. The normalized spacial score (nSPS) is 15.7. The first-order chi connectivity index (χ1) is 13.7. The summed E-state index contributed by atoms with van der Waals surface area (Å²) in [6, 6.07) is 26.1. The van der Waals surface area contributed by atoms with Gasteiger partial charge in [-0.3, -0.25) is 4.90 Å². The molecule has 28 heavy (non-hydrogen) atoms. The molecule has 0 amide bonds. The topological polar surface area (TPSA) is 49.8 Å². The van der Waals surface area contributed by atoms with Crippen LogP contribution in [0.4, 0.5) is 0 Å². The molecule has 4 rings (SSSR count). The molecule has 0 saturated heterocycles. The van der Waals surface area contributed by atoms with E-state index in [1.54, 1.807) is 12.1 Å². The zero-order valence-electron chi connectivity index (χ0n) is 15.6. The molecule has 1 aliphatic heterocycles. The molecule has 0 radical (unpaired) electrons. The number of ether oxygens (including phenoxy) is 1. The minimum atomic E-state index is -0.904. The second kappa shape index (κ2) is 8.28. The average Bonchev–Trinajstić information content (AvgIpc) is 2.74. The zero-order chi connectivity index (χ0) is 19.3. The van der Waals surface area contributed by atoms with Crippen LogP contribution >= 0.6 is 0 Å². The molecule has 1 aliphatic rings. The van der Waals surface area contributed by atoms with Gasteiger partial charge in [-0.05, 0) is 29.7 Å². The predicted octanol–water partition coefficient (Wildman–Crippen LogP) is 4.39. The van der Waals surface area contributed by atoms with Crippen LogP contribution in [0.1, 0.15) is 27.0 Å². The van der Waals surface area contributed by atoms with Gasteiger partial charge in [0.25, 0.3) is 0 Å². The minimum Gasteiger partial charge on any atom is -0.492 e. The molecule has 1 N–H and O–H groups in total. The highest BCUT2D eigenvalue weighted by atomic mass is 16.5. The van der Waals surface area contributed by atoms with Gasteiger partial charge in [0.05, 0.1) is 5.56 Å². The van der Waals surface area contributed by atoms with Crippen molar-refractivity contribution in [1.29, 1.82) is 0 Å². The summed E-state index contributed by atoms with van der Waals surface area (Å²) in [5.74, 6) is -0.214. The van der Waals surface area contributed by atoms with Gasteiger partial charge in [-0.1, -0.05) is 66.7 Å². The van der Waals surface area contributed by atoms with E-state index < -0.39 is 5.97 Å². The molecule has 1 heterocycles. The lowest BCUT2D eigenvalue weighted by Gasteiger charge is -2.35. The van der Waals surface area contributed by atoms with Gasteiger partial charge in [0.2, 0.25) is 0 Å². The third-order valence-electron chi connectivity index (χ3n) is 5.21. The van der Waals surface area contributed by atoms with Crippen molar-refractivity contribution in [2.24, 2.45) is 0 Å². The van der Waals surface area contributed by atoms with E-state index in [9.17, 15) is 9.90 Å². The predicted molar refractivity (Wildman–Crippen MR) is 109 cm³/mol. The zero-order valence-corrected chi connectivity index (χ0v) is 15.6. The van der Waals surface area contributed by atoms with E-state index in [1.165, 1.54) is 11.1 Å². The SMILES string of the molecule is O=C(O)c1cccc2c1C[C@H](N(Cc1ccccc1)Cc1ccccc1)CO2. The van der Waals surface area contributed by atoms with Crippen molar-refractivity contribution in [2.75, 3.05) is 6.61 Å². The first kappa shape index (κ1) is 18.3. The summed E-state index contributed by atoms with van der Waals surface area (Å²) in [5, 5.41) is 9.57. The maximum absolute atomic E-state index is 11.7. The molecule has 4 heteroatoms. The minimum absolute atomic E-state index is 0.105. The van der Waals surface area contributed by atoms with Crippen LogP contribution in [0.15, 0.2) is 78.9 Å². The quantitative estimate of drug-likeness (QED) is 0.696. The van der Waals surface area contributed by atoms with Gasteiger partial charge in [-0.25, -0.2) is 4.79 Å². The molecule has 1 atom stereocenters. The molecule has 0 spiro atoms. The molecule has 0 aromatic heterocycles. The Morgan fingerprint density at radius 3 is 2.07 bits per heavy atom. The summed E-state index contributed by atoms with van der Waals surface area (Å²) >= 11 is 0. The summed E-state index contributed by atoms with van der Waals surface area (Å²) < 4.78 is 5.98. The Bertz CT molecular complexity index is 899. The molecular weight excluding hydrogens is 350 g/mol. The van der Waals surface area contributed by atoms with Crippen LogP contribution in [0, 0.1) is 0 Å². The lowest BCUT2D eigenvalue weighted by molar-refractivity contribution is 0.0687. The molecule has 3 aromatic carbocycles.